The predicted octanol–water partition coefficient (Wildman–Crippen LogP) is 2.41. The molecule has 0 saturated carbocycles. The Balaban J connectivity index is 2.12. The van der Waals surface area contributed by atoms with Crippen LogP contribution in [0.15, 0.2) is 36.5 Å². The molecule has 0 spiro atoms. The van der Waals surface area contributed by atoms with Crippen molar-refractivity contribution in [2.24, 2.45) is 5.41 Å². The zero-order chi connectivity index (χ0) is 17.7. The van der Waals surface area contributed by atoms with Crippen molar-refractivity contribution in [1.29, 1.82) is 0 Å². The van der Waals surface area contributed by atoms with Gasteiger partial charge < -0.3 is 15.2 Å². The van der Waals surface area contributed by atoms with Gasteiger partial charge >= 0.3 is 0 Å². The molecular formula is C18H25N3O3. The van der Waals surface area contributed by atoms with E-state index in [2.05, 4.69) is 10.4 Å². The number of carbonyl (C=O) groups excluding carboxylic acids is 1. The SMILES string of the molecule is COc1ccc(-n2ccc(C(=O)NC(CCO)C(C)(C)C)n2)cc1. The second-order valence-electron chi connectivity index (χ2n) is 6.75. The van der Waals surface area contributed by atoms with Crippen LogP contribution in [0.4, 0.5) is 0 Å². The molecule has 6 heteroatoms. The molecule has 1 unspecified atom stereocenters. The monoisotopic (exact) mass is 331 g/mol. The molecule has 2 aromatic rings. The van der Waals surface area contributed by atoms with Gasteiger partial charge in [0.25, 0.3) is 5.91 Å². The Kier molecular flexibility index (Phi) is 5.62. The van der Waals surface area contributed by atoms with Crippen LogP contribution < -0.4 is 10.1 Å². The number of methoxy groups -OCH3 is 1. The van der Waals surface area contributed by atoms with Crippen molar-refractivity contribution in [3.8, 4) is 11.4 Å². The van der Waals surface area contributed by atoms with Crippen LogP contribution in [0, 0.1) is 5.41 Å². The Morgan fingerprint density at radius 3 is 2.50 bits per heavy atom. The summed E-state index contributed by atoms with van der Waals surface area (Å²) in [5, 5.41) is 16.5. The topological polar surface area (TPSA) is 76.4 Å². The third-order valence-electron chi connectivity index (χ3n) is 3.93. The van der Waals surface area contributed by atoms with Crippen LogP contribution in [0.5, 0.6) is 5.75 Å². The van der Waals surface area contributed by atoms with E-state index in [0.29, 0.717) is 12.1 Å². The Morgan fingerprint density at radius 2 is 1.96 bits per heavy atom. The average Bonchev–Trinajstić information content (AvgIpc) is 3.03. The lowest BCUT2D eigenvalue weighted by Gasteiger charge is -2.30. The van der Waals surface area contributed by atoms with E-state index in [1.54, 1.807) is 24.1 Å². The lowest BCUT2D eigenvalue weighted by Crippen LogP contribution is -2.44. The normalized spacial score (nSPS) is 12.7. The second-order valence-corrected chi connectivity index (χ2v) is 6.75. The van der Waals surface area contributed by atoms with Gasteiger partial charge in [0, 0.05) is 18.8 Å². The van der Waals surface area contributed by atoms with E-state index < -0.39 is 0 Å². The Bertz CT molecular complexity index is 672. The van der Waals surface area contributed by atoms with Crippen molar-refractivity contribution >= 4 is 5.91 Å². The minimum absolute atomic E-state index is 0.0303. The molecule has 0 bridgehead atoms. The summed E-state index contributed by atoms with van der Waals surface area (Å²) in [6.45, 7) is 6.12. The summed E-state index contributed by atoms with van der Waals surface area (Å²) in [4.78, 5) is 12.4. The molecule has 24 heavy (non-hydrogen) atoms. The number of nitrogens with zero attached hydrogens (tertiary/aromatic N) is 2. The Hall–Kier alpha value is -2.34. The first-order valence-corrected chi connectivity index (χ1v) is 7.97. The third kappa shape index (κ3) is 4.35. The maximum Gasteiger partial charge on any atom is 0.272 e. The number of benzene rings is 1. The van der Waals surface area contributed by atoms with Gasteiger partial charge in [0.2, 0.25) is 0 Å². The molecule has 1 amide bonds. The molecule has 0 aliphatic heterocycles. The van der Waals surface area contributed by atoms with Crippen LogP contribution in [0.2, 0.25) is 0 Å². The molecule has 0 aliphatic carbocycles. The van der Waals surface area contributed by atoms with E-state index in [1.165, 1.54) is 0 Å². The first-order valence-electron chi connectivity index (χ1n) is 7.97. The van der Waals surface area contributed by atoms with Crippen molar-refractivity contribution in [3.63, 3.8) is 0 Å². The minimum Gasteiger partial charge on any atom is -0.497 e. The number of amides is 1. The first-order chi connectivity index (χ1) is 11.3. The van der Waals surface area contributed by atoms with E-state index in [9.17, 15) is 9.90 Å². The summed E-state index contributed by atoms with van der Waals surface area (Å²) in [7, 11) is 1.61. The molecule has 0 aliphatic rings. The molecular weight excluding hydrogens is 306 g/mol. The summed E-state index contributed by atoms with van der Waals surface area (Å²) >= 11 is 0. The van der Waals surface area contributed by atoms with Crippen LogP contribution in [0.3, 0.4) is 0 Å². The molecule has 6 nitrogen and oxygen atoms in total. The quantitative estimate of drug-likeness (QED) is 0.852. The zero-order valence-corrected chi connectivity index (χ0v) is 14.6. The number of carbonyl (C=O) groups is 1. The number of aliphatic hydroxyl groups is 1. The largest absolute Gasteiger partial charge is 0.497 e. The highest BCUT2D eigenvalue weighted by molar-refractivity contribution is 5.92. The van der Waals surface area contributed by atoms with Crippen LogP contribution >= 0.6 is 0 Å². The van der Waals surface area contributed by atoms with Gasteiger partial charge in [-0.05, 0) is 42.2 Å². The van der Waals surface area contributed by atoms with Crippen molar-refractivity contribution in [2.45, 2.75) is 33.2 Å². The zero-order valence-electron chi connectivity index (χ0n) is 14.6. The van der Waals surface area contributed by atoms with Gasteiger partial charge in [0.15, 0.2) is 5.69 Å². The maximum atomic E-state index is 12.4. The average molecular weight is 331 g/mol. The highest BCUT2D eigenvalue weighted by Gasteiger charge is 2.26. The van der Waals surface area contributed by atoms with E-state index >= 15 is 0 Å². The van der Waals surface area contributed by atoms with E-state index in [4.69, 9.17) is 4.74 Å². The third-order valence-corrected chi connectivity index (χ3v) is 3.93. The maximum absolute atomic E-state index is 12.4. The highest BCUT2D eigenvalue weighted by Crippen LogP contribution is 2.22. The van der Waals surface area contributed by atoms with Crippen LogP contribution in [-0.2, 0) is 0 Å². The molecule has 130 valence electrons. The van der Waals surface area contributed by atoms with Gasteiger partial charge in [0.05, 0.1) is 12.8 Å². The lowest BCUT2D eigenvalue weighted by atomic mass is 9.85. The first kappa shape index (κ1) is 18.0. The van der Waals surface area contributed by atoms with Gasteiger partial charge in [-0.25, -0.2) is 4.68 Å². The number of rotatable bonds is 6. The number of aliphatic hydroxyl groups excluding tert-OH is 1. The molecule has 1 heterocycles. The molecule has 1 aromatic heterocycles. The molecule has 0 radical (unpaired) electrons. The summed E-state index contributed by atoms with van der Waals surface area (Å²) in [5.41, 5.74) is 1.05. The van der Waals surface area contributed by atoms with Crippen LogP contribution in [0.25, 0.3) is 5.69 Å². The molecule has 0 fully saturated rings. The van der Waals surface area contributed by atoms with E-state index in [-0.39, 0.29) is 24.0 Å². The Labute approximate surface area is 142 Å². The van der Waals surface area contributed by atoms with Crippen molar-refractivity contribution in [2.75, 3.05) is 13.7 Å². The van der Waals surface area contributed by atoms with E-state index in [0.717, 1.165) is 11.4 Å². The fourth-order valence-electron chi connectivity index (χ4n) is 2.41. The molecule has 0 saturated heterocycles. The minimum atomic E-state index is -0.240. The van der Waals surface area contributed by atoms with Crippen molar-refractivity contribution in [3.05, 3.63) is 42.2 Å². The van der Waals surface area contributed by atoms with Gasteiger partial charge in [-0.15, -0.1) is 0 Å². The van der Waals surface area contributed by atoms with Gasteiger partial charge in [0.1, 0.15) is 5.75 Å². The van der Waals surface area contributed by atoms with Crippen LogP contribution in [0.1, 0.15) is 37.7 Å². The molecule has 1 atom stereocenters. The van der Waals surface area contributed by atoms with Crippen molar-refractivity contribution < 1.29 is 14.6 Å². The fraction of sp³-hybridized carbons (Fsp3) is 0.444. The summed E-state index contributed by atoms with van der Waals surface area (Å²) < 4.78 is 6.78. The number of hydrogen-bond donors (Lipinski definition) is 2. The second kappa shape index (κ2) is 7.49. The molecule has 2 rings (SSSR count). The fourth-order valence-corrected chi connectivity index (χ4v) is 2.41. The summed E-state index contributed by atoms with van der Waals surface area (Å²) in [5.74, 6) is 0.525. The standard InChI is InChI=1S/C18H25N3O3/c1-18(2,3)16(10-12-22)19-17(23)15-9-11-21(20-15)13-5-7-14(24-4)8-6-13/h5-9,11,16,22H,10,12H2,1-4H3,(H,19,23). The molecule has 1 aromatic carbocycles. The lowest BCUT2D eigenvalue weighted by molar-refractivity contribution is 0.0879. The number of ether oxygens (including phenoxy) is 1. The van der Waals surface area contributed by atoms with Crippen LogP contribution in [-0.4, -0.2) is 40.6 Å². The number of hydrogen-bond acceptors (Lipinski definition) is 4. The number of aromatic nitrogens is 2. The Morgan fingerprint density at radius 1 is 1.29 bits per heavy atom. The summed E-state index contributed by atoms with van der Waals surface area (Å²) in [6, 6.07) is 8.98. The van der Waals surface area contributed by atoms with Gasteiger partial charge in [-0.3, -0.25) is 4.79 Å². The van der Waals surface area contributed by atoms with Crippen molar-refractivity contribution in [1.82, 2.24) is 15.1 Å². The molecule has 2 N–H and O–H groups in total. The highest BCUT2D eigenvalue weighted by atomic mass is 16.5. The van der Waals surface area contributed by atoms with Gasteiger partial charge in [-0.1, -0.05) is 20.8 Å². The predicted molar refractivity (Wildman–Crippen MR) is 92.5 cm³/mol. The van der Waals surface area contributed by atoms with E-state index in [1.807, 2.05) is 45.0 Å². The number of nitrogens with one attached hydrogen (secondary N) is 1. The van der Waals surface area contributed by atoms with Gasteiger partial charge in [-0.2, -0.15) is 5.10 Å². The smallest absolute Gasteiger partial charge is 0.272 e. The summed E-state index contributed by atoms with van der Waals surface area (Å²) in [6.07, 6.45) is 2.25.